The van der Waals surface area contributed by atoms with Crippen molar-refractivity contribution >= 4 is 28.4 Å². The van der Waals surface area contributed by atoms with Crippen LogP contribution >= 0.6 is 0 Å². The van der Waals surface area contributed by atoms with Gasteiger partial charge in [-0.1, -0.05) is 0 Å². The molecule has 7 nitrogen and oxygen atoms in total. The van der Waals surface area contributed by atoms with E-state index >= 15 is 0 Å². The quantitative estimate of drug-likeness (QED) is 0.415. The van der Waals surface area contributed by atoms with Crippen LogP contribution in [0.3, 0.4) is 0 Å². The number of hydrogen-bond acceptors (Lipinski definition) is 6. The standard InChI is InChI=1S/C24H21F2N5O2/c1-30-13-15(12-28-30)17-9-14-5-4-8-31(21(14)10-18(17)22(25)26)23-16-6-3-7-27-19(16)11-20(29-23)24(32)33-2/h3,6-7,9-13,22H,4-5,8H2,1-2H3. The second-order valence-electron chi connectivity index (χ2n) is 7.92. The summed E-state index contributed by atoms with van der Waals surface area (Å²) in [5.41, 5.74) is 3.34. The van der Waals surface area contributed by atoms with Gasteiger partial charge in [0, 0.05) is 48.2 Å². The van der Waals surface area contributed by atoms with Crippen LogP contribution in [0.5, 0.6) is 0 Å². The molecule has 0 saturated heterocycles. The van der Waals surface area contributed by atoms with Gasteiger partial charge in [-0.05, 0) is 54.3 Å². The molecule has 0 amide bonds. The van der Waals surface area contributed by atoms with Crippen LogP contribution in [0.1, 0.15) is 34.5 Å². The molecule has 5 rings (SSSR count). The summed E-state index contributed by atoms with van der Waals surface area (Å²) in [4.78, 5) is 23.1. The molecule has 0 fully saturated rings. The van der Waals surface area contributed by atoms with Gasteiger partial charge in [0.1, 0.15) is 5.82 Å². The van der Waals surface area contributed by atoms with E-state index in [9.17, 15) is 13.6 Å². The number of alkyl halides is 2. The Labute approximate surface area is 188 Å². The number of rotatable bonds is 4. The lowest BCUT2D eigenvalue weighted by Gasteiger charge is -2.32. The lowest BCUT2D eigenvalue weighted by molar-refractivity contribution is 0.0594. The van der Waals surface area contributed by atoms with Gasteiger partial charge in [0.25, 0.3) is 6.43 Å². The lowest BCUT2D eigenvalue weighted by Crippen LogP contribution is -2.26. The number of carbonyl (C=O) groups excluding carboxylic acids is 1. The number of pyridine rings is 2. The summed E-state index contributed by atoms with van der Waals surface area (Å²) in [5.74, 6) is -0.0856. The van der Waals surface area contributed by atoms with Gasteiger partial charge in [-0.25, -0.2) is 18.6 Å². The molecule has 3 aromatic heterocycles. The van der Waals surface area contributed by atoms with E-state index < -0.39 is 12.4 Å². The van der Waals surface area contributed by atoms with E-state index in [1.165, 1.54) is 13.2 Å². The van der Waals surface area contributed by atoms with Crippen molar-refractivity contribution in [3.8, 4) is 11.1 Å². The summed E-state index contributed by atoms with van der Waals surface area (Å²) in [6.07, 6.45) is 3.84. The van der Waals surface area contributed by atoms with E-state index in [0.29, 0.717) is 34.7 Å². The van der Waals surface area contributed by atoms with Crippen LogP contribution in [-0.2, 0) is 18.2 Å². The Morgan fingerprint density at radius 1 is 1.24 bits per heavy atom. The summed E-state index contributed by atoms with van der Waals surface area (Å²) in [6.45, 7) is 0.573. The van der Waals surface area contributed by atoms with Gasteiger partial charge in [0.15, 0.2) is 5.69 Å². The molecule has 0 saturated carbocycles. The Bertz CT molecular complexity index is 1370. The topological polar surface area (TPSA) is 73.1 Å². The average molecular weight is 449 g/mol. The minimum absolute atomic E-state index is 0.0693. The minimum atomic E-state index is -2.66. The number of fused-ring (bicyclic) bond motifs is 2. The Hall–Kier alpha value is -3.88. The number of ether oxygens (including phenoxy) is 1. The molecule has 0 unspecified atom stereocenters. The normalized spacial score (nSPS) is 13.4. The molecular weight excluding hydrogens is 428 g/mol. The Morgan fingerprint density at radius 3 is 2.82 bits per heavy atom. The number of nitrogens with zero attached hydrogens (tertiary/aromatic N) is 5. The zero-order valence-electron chi connectivity index (χ0n) is 18.1. The summed E-state index contributed by atoms with van der Waals surface area (Å²) in [5, 5.41) is 4.87. The number of halogens is 2. The predicted molar refractivity (Wildman–Crippen MR) is 120 cm³/mol. The first-order valence-corrected chi connectivity index (χ1v) is 10.5. The van der Waals surface area contributed by atoms with Crippen molar-refractivity contribution < 1.29 is 18.3 Å². The predicted octanol–water partition coefficient (Wildman–Crippen LogP) is 4.84. The maximum atomic E-state index is 14.2. The first kappa shape index (κ1) is 21.0. The third-order valence-electron chi connectivity index (χ3n) is 5.85. The fraction of sp³-hybridized carbons (Fsp3) is 0.250. The SMILES string of the molecule is COC(=O)c1cc2ncccc2c(N2CCCc3cc(-c4cnn(C)c4)c(C(F)F)cc32)n1. The molecule has 0 aliphatic carbocycles. The molecule has 1 aromatic carbocycles. The molecular formula is C24H21F2N5O2. The van der Waals surface area contributed by atoms with Crippen molar-refractivity contribution in [2.24, 2.45) is 7.05 Å². The number of aromatic nitrogens is 4. The van der Waals surface area contributed by atoms with E-state index in [-0.39, 0.29) is 11.3 Å². The maximum absolute atomic E-state index is 14.2. The number of aryl methyl sites for hydroxylation is 2. The first-order chi connectivity index (χ1) is 16.0. The monoisotopic (exact) mass is 449 g/mol. The zero-order chi connectivity index (χ0) is 23.1. The molecule has 1 aliphatic heterocycles. The molecule has 168 valence electrons. The van der Waals surface area contributed by atoms with Crippen LogP contribution in [0.25, 0.3) is 22.0 Å². The number of carbonyl (C=O) groups is 1. The molecule has 1 aliphatic rings. The minimum Gasteiger partial charge on any atom is -0.464 e. The van der Waals surface area contributed by atoms with Crippen molar-refractivity contribution in [3.05, 3.63) is 65.7 Å². The molecule has 0 spiro atoms. The number of methoxy groups -OCH3 is 1. The Kier molecular flexibility index (Phi) is 5.24. The average Bonchev–Trinajstić information content (AvgIpc) is 3.27. The molecule has 0 N–H and O–H groups in total. The molecule has 9 heteroatoms. The van der Waals surface area contributed by atoms with Crippen molar-refractivity contribution in [1.82, 2.24) is 19.7 Å². The first-order valence-electron chi connectivity index (χ1n) is 10.5. The van der Waals surface area contributed by atoms with Crippen LogP contribution < -0.4 is 4.90 Å². The second-order valence-corrected chi connectivity index (χ2v) is 7.92. The van der Waals surface area contributed by atoms with Gasteiger partial charge in [-0.15, -0.1) is 0 Å². The van der Waals surface area contributed by atoms with Gasteiger partial charge >= 0.3 is 5.97 Å². The zero-order valence-corrected chi connectivity index (χ0v) is 18.1. The van der Waals surface area contributed by atoms with Gasteiger partial charge in [-0.2, -0.15) is 5.10 Å². The third-order valence-corrected chi connectivity index (χ3v) is 5.85. The highest BCUT2D eigenvalue weighted by Gasteiger charge is 2.27. The van der Waals surface area contributed by atoms with Crippen LogP contribution in [0, 0.1) is 0 Å². The third kappa shape index (κ3) is 3.69. The van der Waals surface area contributed by atoms with E-state index in [0.717, 1.165) is 23.8 Å². The summed E-state index contributed by atoms with van der Waals surface area (Å²) in [6, 6.07) is 8.58. The fourth-order valence-corrected chi connectivity index (χ4v) is 4.33. The van der Waals surface area contributed by atoms with Crippen LogP contribution in [0.2, 0.25) is 0 Å². The van der Waals surface area contributed by atoms with E-state index in [1.807, 2.05) is 17.0 Å². The van der Waals surface area contributed by atoms with Crippen LogP contribution in [0.15, 0.2) is 48.9 Å². The Morgan fingerprint density at radius 2 is 2.09 bits per heavy atom. The highest BCUT2D eigenvalue weighted by molar-refractivity contribution is 5.98. The molecule has 33 heavy (non-hydrogen) atoms. The van der Waals surface area contributed by atoms with E-state index in [4.69, 9.17) is 4.74 Å². The van der Waals surface area contributed by atoms with Crippen molar-refractivity contribution in [1.29, 1.82) is 0 Å². The van der Waals surface area contributed by atoms with Crippen molar-refractivity contribution in [3.63, 3.8) is 0 Å². The molecule has 4 heterocycles. The lowest BCUT2D eigenvalue weighted by atomic mass is 9.93. The van der Waals surface area contributed by atoms with Gasteiger partial charge < -0.3 is 9.64 Å². The largest absolute Gasteiger partial charge is 0.464 e. The smallest absolute Gasteiger partial charge is 0.356 e. The van der Waals surface area contributed by atoms with Crippen molar-refractivity contribution in [2.75, 3.05) is 18.6 Å². The Balaban J connectivity index is 1.71. The van der Waals surface area contributed by atoms with Crippen LogP contribution in [-0.4, -0.2) is 39.4 Å². The molecule has 0 atom stereocenters. The fourth-order valence-electron chi connectivity index (χ4n) is 4.33. The molecule has 0 radical (unpaired) electrons. The summed E-state index contributed by atoms with van der Waals surface area (Å²) in [7, 11) is 3.04. The van der Waals surface area contributed by atoms with E-state index in [1.54, 1.807) is 42.5 Å². The van der Waals surface area contributed by atoms with Gasteiger partial charge in [0.2, 0.25) is 0 Å². The number of hydrogen-bond donors (Lipinski definition) is 0. The number of benzene rings is 1. The number of esters is 1. The molecule has 0 bridgehead atoms. The van der Waals surface area contributed by atoms with E-state index in [2.05, 4.69) is 15.1 Å². The number of anilines is 2. The highest BCUT2D eigenvalue weighted by atomic mass is 19.3. The van der Waals surface area contributed by atoms with Gasteiger partial charge in [-0.3, -0.25) is 9.67 Å². The molecule has 4 aromatic rings. The summed E-state index contributed by atoms with van der Waals surface area (Å²) < 4.78 is 34.8. The maximum Gasteiger partial charge on any atom is 0.356 e. The van der Waals surface area contributed by atoms with Crippen molar-refractivity contribution in [2.45, 2.75) is 19.3 Å². The second kappa shape index (κ2) is 8.23. The van der Waals surface area contributed by atoms with Gasteiger partial charge in [0.05, 0.1) is 18.8 Å². The van der Waals surface area contributed by atoms with Crippen LogP contribution in [0.4, 0.5) is 20.3 Å². The summed E-state index contributed by atoms with van der Waals surface area (Å²) >= 11 is 0. The highest BCUT2D eigenvalue weighted by Crippen LogP contribution is 2.42.